The second-order valence-corrected chi connectivity index (χ2v) is 14.3. The number of hydrogen-bond donors (Lipinski definition) is 0. The van der Waals surface area contributed by atoms with Crippen LogP contribution in [0.3, 0.4) is 0 Å². The summed E-state index contributed by atoms with van der Waals surface area (Å²) < 4.78 is 2.33. The van der Waals surface area contributed by atoms with Crippen molar-refractivity contribution in [1.29, 1.82) is 0 Å². The van der Waals surface area contributed by atoms with Crippen molar-refractivity contribution in [2.24, 2.45) is 0 Å². The molecule has 0 unspecified atom stereocenters. The summed E-state index contributed by atoms with van der Waals surface area (Å²) in [5.41, 5.74) is 15.6. The summed E-state index contributed by atoms with van der Waals surface area (Å²) in [4.78, 5) is 10.0. The van der Waals surface area contributed by atoms with Gasteiger partial charge in [-0.3, -0.25) is 9.38 Å². The van der Waals surface area contributed by atoms with Crippen LogP contribution in [-0.2, 0) is 5.41 Å². The standard InChI is InChI=1S/C47H31N3/c1-47(2)39-10-4-3-9-35(39)36-20-18-33(26-40(36)47)31-15-13-30-25-32(16-14-29(30)24-31)34-19-21-37-38-22-17-28-8-7-23-48-45(28)44(38)46-49-41-11-5-6-12-42(41)50(46)43(37)27-34/h3-27H,1-2H3. The fourth-order valence-electron chi connectivity index (χ4n) is 8.65. The van der Waals surface area contributed by atoms with Crippen molar-refractivity contribution in [1.82, 2.24) is 14.4 Å². The fourth-order valence-corrected chi connectivity index (χ4v) is 8.65. The van der Waals surface area contributed by atoms with Gasteiger partial charge in [0, 0.05) is 22.4 Å². The van der Waals surface area contributed by atoms with Crippen molar-refractivity contribution < 1.29 is 0 Å². The third kappa shape index (κ3) is 3.75. The van der Waals surface area contributed by atoms with Crippen LogP contribution in [0.5, 0.6) is 0 Å². The molecule has 1 aliphatic rings. The summed E-state index contributed by atoms with van der Waals surface area (Å²) in [6, 6.07) is 53.4. The smallest absolute Gasteiger partial charge is 0.148 e. The highest BCUT2D eigenvalue weighted by atomic mass is 15.0. The van der Waals surface area contributed by atoms with Gasteiger partial charge in [0.1, 0.15) is 5.65 Å². The van der Waals surface area contributed by atoms with Gasteiger partial charge in [0.25, 0.3) is 0 Å². The van der Waals surface area contributed by atoms with Gasteiger partial charge in [-0.05, 0) is 103 Å². The van der Waals surface area contributed by atoms with E-state index in [9.17, 15) is 0 Å². The van der Waals surface area contributed by atoms with Crippen molar-refractivity contribution in [3.8, 4) is 33.4 Å². The first-order valence-corrected chi connectivity index (χ1v) is 17.3. The number of rotatable bonds is 2. The van der Waals surface area contributed by atoms with Crippen LogP contribution >= 0.6 is 0 Å². The highest BCUT2D eigenvalue weighted by Crippen LogP contribution is 2.49. The number of fused-ring (bicyclic) bond motifs is 14. The van der Waals surface area contributed by atoms with Crippen molar-refractivity contribution in [2.75, 3.05) is 0 Å². The van der Waals surface area contributed by atoms with Crippen LogP contribution in [0.25, 0.3) is 93.4 Å². The maximum absolute atomic E-state index is 5.18. The molecule has 0 spiro atoms. The Morgan fingerprint density at radius 3 is 2.02 bits per heavy atom. The van der Waals surface area contributed by atoms with Crippen molar-refractivity contribution in [2.45, 2.75) is 19.3 Å². The van der Waals surface area contributed by atoms with Crippen LogP contribution in [0.1, 0.15) is 25.0 Å². The number of benzene rings is 7. The van der Waals surface area contributed by atoms with E-state index in [1.54, 1.807) is 0 Å². The Bertz CT molecular complexity index is 3070. The zero-order valence-corrected chi connectivity index (χ0v) is 27.8. The zero-order chi connectivity index (χ0) is 33.1. The molecule has 1 aliphatic carbocycles. The molecule has 0 N–H and O–H groups in total. The summed E-state index contributed by atoms with van der Waals surface area (Å²) in [6.07, 6.45) is 1.88. The van der Waals surface area contributed by atoms with Crippen LogP contribution in [0.2, 0.25) is 0 Å². The molecule has 0 atom stereocenters. The summed E-state index contributed by atoms with van der Waals surface area (Å²) in [7, 11) is 0. The van der Waals surface area contributed by atoms with Gasteiger partial charge < -0.3 is 0 Å². The van der Waals surface area contributed by atoms with E-state index in [2.05, 4.69) is 158 Å². The second-order valence-electron chi connectivity index (χ2n) is 14.3. The summed E-state index contributed by atoms with van der Waals surface area (Å²) in [5, 5.41) is 7.05. The second kappa shape index (κ2) is 9.87. The summed E-state index contributed by atoms with van der Waals surface area (Å²) >= 11 is 0. The minimum absolute atomic E-state index is 0.0148. The molecule has 0 bridgehead atoms. The first-order chi connectivity index (χ1) is 24.5. The molecule has 7 aromatic carbocycles. The summed E-state index contributed by atoms with van der Waals surface area (Å²) in [6.45, 7) is 4.69. The molecule has 0 radical (unpaired) electrons. The van der Waals surface area contributed by atoms with Crippen LogP contribution in [0.4, 0.5) is 0 Å². The first-order valence-electron chi connectivity index (χ1n) is 17.3. The topological polar surface area (TPSA) is 30.2 Å². The zero-order valence-electron chi connectivity index (χ0n) is 27.8. The Morgan fingerprint density at radius 1 is 0.500 bits per heavy atom. The van der Waals surface area contributed by atoms with Gasteiger partial charge in [-0.15, -0.1) is 0 Å². The number of hydrogen-bond acceptors (Lipinski definition) is 2. The molecular weight excluding hydrogens is 607 g/mol. The lowest BCUT2D eigenvalue weighted by Crippen LogP contribution is -2.14. The highest BCUT2D eigenvalue weighted by Gasteiger charge is 2.35. The van der Waals surface area contributed by atoms with E-state index >= 15 is 0 Å². The third-order valence-corrected chi connectivity index (χ3v) is 11.2. The van der Waals surface area contributed by atoms with Gasteiger partial charge in [0.05, 0.1) is 27.5 Å². The SMILES string of the molecule is CC1(C)c2ccccc2-c2ccc(-c3ccc4cc(-c5ccc6c7ccc8cccnc8c7c7nc8ccccc8n7c6c5)ccc4c3)cc21. The minimum Gasteiger partial charge on any atom is -0.292 e. The molecule has 3 heterocycles. The van der Waals surface area contributed by atoms with Crippen LogP contribution < -0.4 is 0 Å². The Labute approximate surface area is 289 Å². The lowest BCUT2D eigenvalue weighted by Gasteiger charge is -2.22. The van der Waals surface area contributed by atoms with E-state index in [0.29, 0.717) is 0 Å². The molecule has 0 saturated heterocycles. The van der Waals surface area contributed by atoms with E-state index in [1.807, 2.05) is 12.3 Å². The van der Waals surface area contributed by atoms with Gasteiger partial charge >= 0.3 is 0 Å². The van der Waals surface area contributed by atoms with E-state index in [1.165, 1.54) is 66.1 Å². The molecule has 0 amide bonds. The van der Waals surface area contributed by atoms with E-state index in [0.717, 1.165) is 38.5 Å². The largest absolute Gasteiger partial charge is 0.292 e. The number of imidazole rings is 1. The monoisotopic (exact) mass is 637 g/mol. The number of pyridine rings is 2. The Kier molecular flexibility index (Phi) is 5.45. The average Bonchev–Trinajstić information content (AvgIpc) is 3.66. The number of aromatic nitrogens is 3. The predicted molar refractivity (Wildman–Crippen MR) is 209 cm³/mol. The van der Waals surface area contributed by atoms with Crippen molar-refractivity contribution in [3.05, 3.63) is 163 Å². The van der Waals surface area contributed by atoms with Crippen LogP contribution in [-0.4, -0.2) is 14.4 Å². The maximum atomic E-state index is 5.18. The molecule has 3 heteroatoms. The predicted octanol–water partition coefficient (Wildman–Crippen LogP) is 12.1. The van der Waals surface area contributed by atoms with E-state index in [-0.39, 0.29) is 5.41 Å². The van der Waals surface area contributed by atoms with Crippen molar-refractivity contribution >= 4 is 60.0 Å². The van der Waals surface area contributed by atoms with Crippen LogP contribution in [0.15, 0.2) is 152 Å². The van der Waals surface area contributed by atoms with Crippen LogP contribution in [0, 0.1) is 0 Å². The molecule has 0 aliphatic heterocycles. The lowest BCUT2D eigenvalue weighted by molar-refractivity contribution is 0.660. The summed E-state index contributed by atoms with van der Waals surface area (Å²) in [5.74, 6) is 0. The lowest BCUT2D eigenvalue weighted by atomic mass is 9.81. The minimum atomic E-state index is -0.0148. The Hall–Kier alpha value is -6.32. The van der Waals surface area contributed by atoms with Gasteiger partial charge in [0.15, 0.2) is 0 Å². The van der Waals surface area contributed by atoms with E-state index in [4.69, 9.17) is 9.97 Å². The Morgan fingerprint density at radius 2 is 1.16 bits per heavy atom. The van der Waals surface area contributed by atoms with Crippen molar-refractivity contribution in [3.63, 3.8) is 0 Å². The quantitative estimate of drug-likeness (QED) is 0.177. The van der Waals surface area contributed by atoms with Gasteiger partial charge in [0.2, 0.25) is 0 Å². The third-order valence-electron chi connectivity index (χ3n) is 11.2. The van der Waals surface area contributed by atoms with Gasteiger partial charge in [-0.2, -0.15) is 0 Å². The first kappa shape index (κ1) is 27.6. The van der Waals surface area contributed by atoms with Gasteiger partial charge in [-0.25, -0.2) is 4.98 Å². The normalized spacial score (nSPS) is 13.6. The number of para-hydroxylation sites is 2. The number of nitrogens with zero attached hydrogens (tertiary/aromatic N) is 3. The fraction of sp³-hybridized carbons (Fsp3) is 0.0638. The molecule has 234 valence electrons. The average molecular weight is 638 g/mol. The van der Waals surface area contributed by atoms with Gasteiger partial charge in [-0.1, -0.05) is 117 Å². The maximum Gasteiger partial charge on any atom is 0.148 e. The molecule has 50 heavy (non-hydrogen) atoms. The molecule has 3 aromatic heterocycles. The molecule has 11 rings (SSSR count). The molecule has 3 nitrogen and oxygen atoms in total. The molecular formula is C47H31N3. The Balaban J connectivity index is 1.05. The molecule has 0 saturated carbocycles. The highest BCUT2D eigenvalue weighted by molar-refractivity contribution is 6.22. The molecule has 10 aromatic rings. The van der Waals surface area contributed by atoms with E-state index < -0.39 is 0 Å². The molecule has 0 fully saturated rings.